The van der Waals surface area contributed by atoms with Gasteiger partial charge in [0.05, 0.1) is 12.4 Å². The van der Waals surface area contributed by atoms with E-state index in [2.05, 4.69) is 11.9 Å². The fourth-order valence-corrected chi connectivity index (χ4v) is 3.09. The maximum absolute atomic E-state index is 11.7. The maximum Gasteiger partial charge on any atom is 0.409 e. The molecular formula is C13H22N2O5S. The van der Waals surface area contributed by atoms with Crippen molar-refractivity contribution in [2.45, 2.75) is 25.8 Å². The number of likely N-dealkylation sites (tertiary alicyclic amines) is 1. The van der Waals surface area contributed by atoms with Crippen LogP contribution >= 0.6 is 0 Å². The zero-order chi connectivity index (χ0) is 15.9. The Kier molecular flexibility index (Phi) is 6.67. The van der Waals surface area contributed by atoms with Gasteiger partial charge in [0, 0.05) is 19.1 Å². The average Bonchev–Trinajstić information content (AvgIpc) is 2.38. The molecule has 1 aliphatic heterocycles. The molecule has 0 radical (unpaired) electrons. The van der Waals surface area contributed by atoms with E-state index in [1.807, 2.05) is 0 Å². The Labute approximate surface area is 125 Å². The second-order valence-corrected chi connectivity index (χ2v) is 6.98. The molecule has 1 N–H and O–H groups in total. The Morgan fingerprint density at radius 3 is 2.52 bits per heavy atom. The summed E-state index contributed by atoms with van der Waals surface area (Å²) in [6.45, 7) is 6.40. The van der Waals surface area contributed by atoms with Crippen molar-refractivity contribution < 1.29 is 22.7 Å². The molecule has 0 aliphatic carbocycles. The molecular weight excluding hydrogens is 296 g/mol. The summed E-state index contributed by atoms with van der Waals surface area (Å²) in [7, 11) is -3.43. The molecule has 2 amide bonds. The summed E-state index contributed by atoms with van der Waals surface area (Å²) < 4.78 is 27.9. The van der Waals surface area contributed by atoms with Gasteiger partial charge in [0.25, 0.3) is 0 Å². The van der Waals surface area contributed by atoms with Gasteiger partial charge in [-0.3, -0.25) is 4.79 Å². The second kappa shape index (κ2) is 8.02. The van der Waals surface area contributed by atoms with Crippen molar-refractivity contribution in [3.05, 3.63) is 12.7 Å². The Morgan fingerprint density at radius 1 is 1.38 bits per heavy atom. The van der Waals surface area contributed by atoms with Gasteiger partial charge in [0.2, 0.25) is 5.91 Å². The summed E-state index contributed by atoms with van der Waals surface area (Å²) in [4.78, 5) is 24.8. The Morgan fingerprint density at radius 2 is 2.00 bits per heavy atom. The maximum atomic E-state index is 11.7. The average molecular weight is 318 g/mol. The van der Waals surface area contributed by atoms with Crippen molar-refractivity contribution in [3.8, 4) is 0 Å². The van der Waals surface area contributed by atoms with Crippen molar-refractivity contribution in [3.63, 3.8) is 0 Å². The van der Waals surface area contributed by atoms with Crippen molar-refractivity contribution in [1.29, 1.82) is 0 Å². The lowest BCUT2D eigenvalue weighted by Crippen LogP contribution is -2.47. The molecule has 0 aromatic rings. The van der Waals surface area contributed by atoms with Gasteiger partial charge >= 0.3 is 6.09 Å². The van der Waals surface area contributed by atoms with E-state index in [0.717, 1.165) is 0 Å². The first-order chi connectivity index (χ1) is 9.88. The van der Waals surface area contributed by atoms with Crippen LogP contribution < -0.4 is 5.32 Å². The van der Waals surface area contributed by atoms with Gasteiger partial charge in [-0.1, -0.05) is 6.08 Å². The van der Waals surface area contributed by atoms with Crippen LogP contribution in [-0.4, -0.2) is 62.6 Å². The fourth-order valence-electron chi connectivity index (χ4n) is 2.13. The van der Waals surface area contributed by atoms with Crippen LogP contribution in [0.4, 0.5) is 4.79 Å². The molecule has 1 heterocycles. The van der Waals surface area contributed by atoms with Crippen LogP contribution in [0.1, 0.15) is 19.8 Å². The van der Waals surface area contributed by atoms with E-state index >= 15 is 0 Å². The smallest absolute Gasteiger partial charge is 0.409 e. The molecule has 1 aliphatic rings. The van der Waals surface area contributed by atoms with Gasteiger partial charge in [0.15, 0.2) is 9.84 Å². The minimum absolute atomic E-state index is 0.109. The third kappa shape index (κ3) is 6.16. The number of nitrogens with one attached hydrogen (secondary N) is 1. The number of carbonyl (C=O) groups excluding carboxylic acids is 2. The first-order valence-corrected chi connectivity index (χ1v) is 8.72. The molecule has 0 aromatic heterocycles. The highest BCUT2D eigenvalue weighted by atomic mass is 32.2. The molecule has 0 spiro atoms. The van der Waals surface area contributed by atoms with Gasteiger partial charge in [-0.15, -0.1) is 6.58 Å². The molecule has 120 valence electrons. The summed E-state index contributed by atoms with van der Waals surface area (Å²) in [5.74, 6) is -1.25. The van der Waals surface area contributed by atoms with E-state index in [4.69, 9.17) is 4.74 Å². The molecule has 0 aromatic carbocycles. The molecule has 1 rings (SSSR count). The highest BCUT2D eigenvalue weighted by molar-refractivity contribution is 7.92. The predicted molar refractivity (Wildman–Crippen MR) is 78.6 cm³/mol. The van der Waals surface area contributed by atoms with Crippen LogP contribution in [-0.2, 0) is 19.4 Å². The Bertz CT molecular complexity index is 481. The molecule has 7 nitrogen and oxygen atoms in total. The number of amides is 2. The number of carbonyl (C=O) groups is 2. The summed E-state index contributed by atoms with van der Waals surface area (Å²) in [5, 5.41) is 2.69. The Balaban J connectivity index is 2.37. The third-order valence-corrected chi connectivity index (χ3v) is 4.55. The van der Waals surface area contributed by atoms with Crippen LogP contribution in [0.5, 0.6) is 0 Å². The monoisotopic (exact) mass is 318 g/mol. The zero-order valence-electron chi connectivity index (χ0n) is 12.2. The molecule has 0 atom stereocenters. The van der Waals surface area contributed by atoms with Crippen molar-refractivity contribution in [2.75, 3.05) is 31.2 Å². The highest BCUT2D eigenvalue weighted by Crippen LogP contribution is 2.11. The number of rotatable bonds is 6. The van der Waals surface area contributed by atoms with Crippen LogP contribution in [0.2, 0.25) is 0 Å². The van der Waals surface area contributed by atoms with Gasteiger partial charge in [-0.2, -0.15) is 0 Å². The van der Waals surface area contributed by atoms with Crippen LogP contribution in [0.3, 0.4) is 0 Å². The van der Waals surface area contributed by atoms with E-state index in [-0.39, 0.29) is 17.9 Å². The number of sulfone groups is 1. The van der Waals surface area contributed by atoms with Crippen molar-refractivity contribution >= 4 is 21.8 Å². The standard InChI is InChI=1S/C13H22N2O5S/c1-3-9-21(18,19)10-12(16)14-11-5-7-15(8-6-11)13(17)20-4-2/h3,11H,1,4-10H2,2H3,(H,14,16). The fraction of sp³-hybridized carbons (Fsp3) is 0.692. The molecule has 0 bridgehead atoms. The highest BCUT2D eigenvalue weighted by Gasteiger charge is 2.25. The normalized spacial score (nSPS) is 16.3. The summed E-state index contributed by atoms with van der Waals surface area (Å²) in [6, 6.07) is -0.109. The summed E-state index contributed by atoms with van der Waals surface area (Å²) in [5.41, 5.74) is 0. The Hall–Kier alpha value is -1.57. The molecule has 0 unspecified atom stereocenters. The van der Waals surface area contributed by atoms with Gasteiger partial charge < -0.3 is 15.0 Å². The largest absolute Gasteiger partial charge is 0.450 e. The van der Waals surface area contributed by atoms with Gasteiger partial charge in [-0.25, -0.2) is 13.2 Å². The minimum Gasteiger partial charge on any atom is -0.450 e. The molecule has 1 saturated heterocycles. The van der Waals surface area contributed by atoms with Gasteiger partial charge in [0.1, 0.15) is 5.75 Å². The second-order valence-electron chi connectivity index (χ2n) is 4.87. The van der Waals surface area contributed by atoms with E-state index in [1.165, 1.54) is 6.08 Å². The number of hydrogen-bond acceptors (Lipinski definition) is 5. The third-order valence-electron chi connectivity index (χ3n) is 3.11. The van der Waals surface area contributed by atoms with E-state index in [1.54, 1.807) is 11.8 Å². The quantitative estimate of drug-likeness (QED) is 0.712. The molecule has 21 heavy (non-hydrogen) atoms. The summed E-state index contributed by atoms with van der Waals surface area (Å²) >= 11 is 0. The lowest BCUT2D eigenvalue weighted by Gasteiger charge is -2.31. The lowest BCUT2D eigenvalue weighted by atomic mass is 10.1. The lowest BCUT2D eigenvalue weighted by molar-refractivity contribution is -0.119. The van der Waals surface area contributed by atoms with Crippen molar-refractivity contribution in [2.24, 2.45) is 0 Å². The van der Waals surface area contributed by atoms with Crippen LogP contribution in [0.25, 0.3) is 0 Å². The number of hydrogen-bond donors (Lipinski definition) is 1. The van der Waals surface area contributed by atoms with Crippen LogP contribution in [0, 0.1) is 0 Å². The van der Waals surface area contributed by atoms with Crippen molar-refractivity contribution in [1.82, 2.24) is 10.2 Å². The molecule has 8 heteroatoms. The van der Waals surface area contributed by atoms with E-state index in [9.17, 15) is 18.0 Å². The first kappa shape index (κ1) is 17.5. The zero-order valence-corrected chi connectivity index (χ0v) is 13.0. The molecule has 1 fully saturated rings. The topological polar surface area (TPSA) is 92.8 Å². The number of nitrogens with zero attached hydrogens (tertiary/aromatic N) is 1. The van der Waals surface area contributed by atoms with E-state index in [0.29, 0.717) is 32.5 Å². The summed E-state index contributed by atoms with van der Waals surface area (Å²) in [6.07, 6.45) is 2.09. The van der Waals surface area contributed by atoms with Gasteiger partial charge in [-0.05, 0) is 19.8 Å². The minimum atomic E-state index is -3.43. The number of ether oxygens (including phenoxy) is 1. The molecule has 0 saturated carbocycles. The van der Waals surface area contributed by atoms with E-state index < -0.39 is 21.5 Å². The number of piperidine rings is 1. The SMILES string of the molecule is C=CCS(=O)(=O)CC(=O)NC1CCN(C(=O)OCC)CC1. The van der Waals surface area contributed by atoms with Crippen LogP contribution in [0.15, 0.2) is 12.7 Å². The first-order valence-electron chi connectivity index (χ1n) is 6.90. The predicted octanol–water partition coefficient (Wildman–Crippen LogP) is 0.324.